The highest BCUT2D eigenvalue weighted by Crippen LogP contribution is 2.21. The molecular formula is C11H20F3NO2. The molecule has 3 nitrogen and oxygen atoms in total. The number of nitrogens with one attached hydrogen (secondary N) is 1. The van der Waals surface area contributed by atoms with Crippen molar-refractivity contribution in [2.24, 2.45) is 0 Å². The number of hydrogen-bond acceptors (Lipinski definition) is 3. The lowest BCUT2D eigenvalue weighted by Gasteiger charge is -2.23. The van der Waals surface area contributed by atoms with Crippen LogP contribution in [-0.2, 0) is 4.74 Å². The van der Waals surface area contributed by atoms with Gasteiger partial charge in [-0.2, -0.15) is 13.2 Å². The fourth-order valence-corrected chi connectivity index (χ4v) is 1.37. The van der Waals surface area contributed by atoms with Crippen LogP contribution < -0.4 is 5.32 Å². The number of hydrogen-bond donors (Lipinski definition) is 2. The molecule has 0 bridgehead atoms. The summed E-state index contributed by atoms with van der Waals surface area (Å²) in [5.41, 5.74) is -1.01. The summed E-state index contributed by atoms with van der Waals surface area (Å²) in [7, 11) is 0. The molecule has 1 fully saturated rings. The minimum atomic E-state index is -4.13. The highest BCUT2D eigenvalue weighted by atomic mass is 19.4. The quantitative estimate of drug-likeness (QED) is 0.650. The lowest BCUT2D eigenvalue weighted by molar-refractivity contribution is -0.139. The largest absolute Gasteiger partial charge is 0.389 e. The molecule has 1 atom stereocenters. The summed E-state index contributed by atoms with van der Waals surface area (Å²) < 4.78 is 40.5. The van der Waals surface area contributed by atoms with Crippen molar-refractivity contribution >= 4 is 0 Å². The van der Waals surface area contributed by atoms with Crippen molar-refractivity contribution in [3.63, 3.8) is 0 Å². The van der Waals surface area contributed by atoms with Gasteiger partial charge < -0.3 is 15.2 Å². The zero-order valence-corrected chi connectivity index (χ0v) is 10.0. The van der Waals surface area contributed by atoms with Crippen molar-refractivity contribution in [3.05, 3.63) is 0 Å². The van der Waals surface area contributed by atoms with E-state index in [0.717, 1.165) is 12.8 Å². The Morgan fingerprint density at radius 2 is 2.00 bits per heavy atom. The normalized spacial score (nSPS) is 20.3. The Balaban J connectivity index is 1.99. The molecule has 1 unspecified atom stereocenters. The Labute approximate surface area is 99.3 Å². The third-order valence-electron chi connectivity index (χ3n) is 2.51. The van der Waals surface area contributed by atoms with Gasteiger partial charge in [0.25, 0.3) is 0 Å². The maximum absolute atomic E-state index is 11.8. The summed E-state index contributed by atoms with van der Waals surface area (Å²) in [6.07, 6.45) is -2.77. The van der Waals surface area contributed by atoms with Crippen molar-refractivity contribution in [1.29, 1.82) is 0 Å². The molecule has 1 aliphatic carbocycles. The topological polar surface area (TPSA) is 41.5 Å². The maximum atomic E-state index is 11.8. The van der Waals surface area contributed by atoms with Gasteiger partial charge in [0.05, 0.1) is 12.2 Å². The second kappa shape index (κ2) is 6.02. The highest BCUT2D eigenvalue weighted by molar-refractivity contribution is 4.85. The summed E-state index contributed by atoms with van der Waals surface area (Å²) in [6.45, 7) is 2.12. The average Bonchev–Trinajstić information content (AvgIpc) is 2.95. The van der Waals surface area contributed by atoms with Gasteiger partial charge in [-0.25, -0.2) is 0 Å². The Kier molecular flexibility index (Phi) is 5.22. The minimum Gasteiger partial charge on any atom is -0.386 e. The van der Waals surface area contributed by atoms with Crippen LogP contribution in [-0.4, -0.2) is 42.7 Å². The van der Waals surface area contributed by atoms with Gasteiger partial charge in [-0.05, 0) is 26.2 Å². The van der Waals surface area contributed by atoms with Crippen molar-refractivity contribution in [2.45, 2.75) is 50.4 Å². The molecule has 0 spiro atoms. The van der Waals surface area contributed by atoms with E-state index >= 15 is 0 Å². The van der Waals surface area contributed by atoms with Crippen LogP contribution in [0.25, 0.3) is 0 Å². The van der Waals surface area contributed by atoms with Gasteiger partial charge in [-0.3, -0.25) is 0 Å². The molecule has 0 aliphatic heterocycles. The summed E-state index contributed by atoms with van der Waals surface area (Å²) >= 11 is 0. The molecule has 6 heteroatoms. The average molecular weight is 255 g/mol. The van der Waals surface area contributed by atoms with E-state index in [2.05, 4.69) is 5.32 Å². The molecule has 17 heavy (non-hydrogen) atoms. The molecule has 1 saturated carbocycles. The first-order valence-electron chi connectivity index (χ1n) is 5.89. The van der Waals surface area contributed by atoms with E-state index in [1.807, 2.05) is 0 Å². The summed E-state index contributed by atoms with van der Waals surface area (Å²) in [5.74, 6) is 0. The number of alkyl halides is 3. The number of ether oxygens (including phenoxy) is 1. The molecule has 0 amide bonds. The van der Waals surface area contributed by atoms with Gasteiger partial charge in [-0.15, -0.1) is 0 Å². The molecular weight excluding hydrogens is 235 g/mol. The van der Waals surface area contributed by atoms with Crippen molar-refractivity contribution in [1.82, 2.24) is 5.32 Å². The van der Waals surface area contributed by atoms with Crippen molar-refractivity contribution in [3.8, 4) is 0 Å². The Morgan fingerprint density at radius 1 is 1.35 bits per heavy atom. The zero-order valence-electron chi connectivity index (χ0n) is 10.0. The van der Waals surface area contributed by atoms with E-state index in [9.17, 15) is 18.3 Å². The Bertz CT molecular complexity index is 227. The number of rotatable bonds is 8. The SMILES string of the molecule is CC(O)(CNC1CC1)COCCCC(F)(F)F. The molecule has 2 N–H and O–H groups in total. The van der Waals surface area contributed by atoms with Gasteiger partial charge >= 0.3 is 6.18 Å². The van der Waals surface area contributed by atoms with Gasteiger partial charge in [0.2, 0.25) is 0 Å². The van der Waals surface area contributed by atoms with E-state index in [0.29, 0.717) is 12.6 Å². The van der Waals surface area contributed by atoms with Crippen LogP contribution in [0.2, 0.25) is 0 Å². The summed E-state index contributed by atoms with van der Waals surface area (Å²) in [4.78, 5) is 0. The molecule has 0 aromatic rings. The third-order valence-corrected chi connectivity index (χ3v) is 2.51. The first-order valence-corrected chi connectivity index (χ1v) is 5.89. The predicted molar refractivity (Wildman–Crippen MR) is 57.8 cm³/mol. The fraction of sp³-hybridized carbons (Fsp3) is 1.00. The van der Waals surface area contributed by atoms with Crippen LogP contribution in [0.3, 0.4) is 0 Å². The third kappa shape index (κ3) is 8.40. The van der Waals surface area contributed by atoms with E-state index in [1.165, 1.54) is 0 Å². The maximum Gasteiger partial charge on any atom is 0.389 e. The summed E-state index contributed by atoms with van der Waals surface area (Å²) in [6, 6.07) is 0.492. The lowest BCUT2D eigenvalue weighted by Crippen LogP contribution is -2.42. The van der Waals surface area contributed by atoms with Crippen molar-refractivity contribution in [2.75, 3.05) is 19.8 Å². The van der Waals surface area contributed by atoms with E-state index in [4.69, 9.17) is 4.74 Å². The van der Waals surface area contributed by atoms with Gasteiger partial charge in [0, 0.05) is 25.6 Å². The zero-order chi connectivity index (χ0) is 12.9. The van der Waals surface area contributed by atoms with Gasteiger partial charge in [0.1, 0.15) is 0 Å². The standard InChI is InChI=1S/C11H20F3NO2/c1-10(16,7-15-9-3-4-9)8-17-6-2-5-11(12,13)14/h9,15-16H,2-8H2,1H3. The van der Waals surface area contributed by atoms with E-state index in [1.54, 1.807) is 6.92 Å². The summed E-state index contributed by atoms with van der Waals surface area (Å²) in [5, 5.41) is 13.0. The monoisotopic (exact) mass is 255 g/mol. The highest BCUT2D eigenvalue weighted by Gasteiger charge is 2.28. The molecule has 0 saturated heterocycles. The van der Waals surface area contributed by atoms with Crippen LogP contribution in [0.15, 0.2) is 0 Å². The first-order chi connectivity index (χ1) is 7.79. The molecule has 1 rings (SSSR count). The van der Waals surface area contributed by atoms with E-state index in [-0.39, 0.29) is 19.6 Å². The number of halogens is 3. The smallest absolute Gasteiger partial charge is 0.386 e. The van der Waals surface area contributed by atoms with Crippen LogP contribution in [0.1, 0.15) is 32.6 Å². The van der Waals surface area contributed by atoms with Crippen LogP contribution in [0, 0.1) is 0 Å². The Morgan fingerprint density at radius 3 is 2.53 bits per heavy atom. The van der Waals surface area contributed by atoms with Crippen LogP contribution in [0.4, 0.5) is 13.2 Å². The van der Waals surface area contributed by atoms with E-state index < -0.39 is 18.2 Å². The Hall–Kier alpha value is -0.330. The second-order valence-corrected chi connectivity index (χ2v) is 4.92. The first kappa shape index (κ1) is 14.7. The van der Waals surface area contributed by atoms with Gasteiger partial charge in [-0.1, -0.05) is 0 Å². The number of aliphatic hydroxyl groups is 1. The lowest BCUT2D eigenvalue weighted by atomic mass is 10.1. The molecule has 0 aromatic heterocycles. The minimum absolute atomic E-state index is 0.0269. The van der Waals surface area contributed by atoms with Crippen LogP contribution >= 0.6 is 0 Å². The molecule has 0 radical (unpaired) electrons. The van der Waals surface area contributed by atoms with Crippen LogP contribution in [0.5, 0.6) is 0 Å². The second-order valence-electron chi connectivity index (χ2n) is 4.92. The van der Waals surface area contributed by atoms with Crippen molar-refractivity contribution < 1.29 is 23.0 Å². The molecule has 0 heterocycles. The fourth-order valence-electron chi connectivity index (χ4n) is 1.37. The molecule has 1 aliphatic rings. The predicted octanol–water partition coefficient (Wildman–Crippen LogP) is 1.85. The molecule has 0 aromatic carbocycles. The molecule has 102 valence electrons. The van der Waals surface area contributed by atoms with Gasteiger partial charge in [0.15, 0.2) is 0 Å².